The van der Waals surface area contributed by atoms with Crippen LogP contribution in [0.15, 0.2) is 52.6 Å². The maximum Gasteiger partial charge on any atom is 0.135 e. The molecule has 0 saturated carbocycles. The highest BCUT2D eigenvalue weighted by Crippen LogP contribution is 2.38. The van der Waals surface area contributed by atoms with E-state index < -0.39 is 0 Å². The molecule has 0 amide bonds. The number of methoxy groups -OCH3 is 1. The summed E-state index contributed by atoms with van der Waals surface area (Å²) in [6.45, 7) is 6.60. The first-order valence-electron chi connectivity index (χ1n) is 11.0. The number of nitrogens with zero attached hydrogens (tertiary/aromatic N) is 4. The molecule has 0 atom stereocenters. The van der Waals surface area contributed by atoms with Crippen LogP contribution in [0.5, 0.6) is 11.5 Å². The molecule has 0 bridgehead atoms. The van der Waals surface area contributed by atoms with Crippen molar-refractivity contribution in [2.24, 2.45) is 0 Å². The monoisotopic (exact) mass is 472 g/mol. The Balaban J connectivity index is 1.54. The molecule has 3 aromatic rings. The van der Waals surface area contributed by atoms with Gasteiger partial charge < -0.3 is 19.1 Å². The average molecular weight is 473 g/mol. The quantitative estimate of drug-likeness (QED) is 0.328. The number of benzene rings is 2. The third-order valence-corrected chi connectivity index (χ3v) is 6.50. The van der Waals surface area contributed by atoms with E-state index in [1.807, 2.05) is 12.1 Å². The lowest BCUT2D eigenvalue weighted by molar-refractivity contribution is 0.133. The number of halogens is 1. The van der Waals surface area contributed by atoms with Gasteiger partial charge in [-0.3, -0.25) is 4.90 Å². The fraction of sp³-hybridized carbons (Fsp3) is 0.417. The molecular formula is C24H29FN4O3S. The Hall–Kier alpha value is -2.46. The van der Waals surface area contributed by atoms with Crippen LogP contribution in [0.3, 0.4) is 0 Å². The summed E-state index contributed by atoms with van der Waals surface area (Å²) < 4.78 is 30.6. The van der Waals surface area contributed by atoms with Crippen molar-refractivity contribution in [1.29, 1.82) is 0 Å². The van der Waals surface area contributed by atoms with Crippen LogP contribution in [0, 0.1) is 5.82 Å². The third-order valence-electron chi connectivity index (χ3n) is 5.49. The van der Waals surface area contributed by atoms with Gasteiger partial charge >= 0.3 is 0 Å². The van der Waals surface area contributed by atoms with Gasteiger partial charge in [0, 0.05) is 56.9 Å². The molecule has 0 spiro atoms. The highest BCUT2D eigenvalue weighted by molar-refractivity contribution is 7.99. The van der Waals surface area contributed by atoms with Crippen LogP contribution in [0.2, 0.25) is 0 Å². The summed E-state index contributed by atoms with van der Waals surface area (Å²) in [4.78, 5) is 14.6. The number of fused-ring (bicyclic) bond motifs is 1. The van der Waals surface area contributed by atoms with E-state index in [2.05, 4.69) is 26.8 Å². The van der Waals surface area contributed by atoms with Gasteiger partial charge in [-0.05, 0) is 31.3 Å². The lowest BCUT2D eigenvalue weighted by atomic mass is 10.2. The Morgan fingerprint density at radius 2 is 1.76 bits per heavy atom. The van der Waals surface area contributed by atoms with Crippen LogP contribution in [0.4, 0.5) is 4.39 Å². The summed E-state index contributed by atoms with van der Waals surface area (Å²) >= 11 is 1.44. The van der Waals surface area contributed by atoms with Crippen molar-refractivity contribution < 1.29 is 18.6 Å². The van der Waals surface area contributed by atoms with Crippen LogP contribution in [-0.4, -0.2) is 86.5 Å². The number of likely N-dealkylation sites (N-methyl/N-ethyl adjacent to an activating group) is 1. The van der Waals surface area contributed by atoms with Crippen LogP contribution in [0.1, 0.15) is 0 Å². The molecule has 33 heavy (non-hydrogen) atoms. The second-order valence-electron chi connectivity index (χ2n) is 7.88. The summed E-state index contributed by atoms with van der Waals surface area (Å²) in [5.74, 6) is 1.08. The van der Waals surface area contributed by atoms with Crippen molar-refractivity contribution in [3.8, 4) is 11.5 Å². The Bertz CT molecular complexity index is 1050. The van der Waals surface area contributed by atoms with Gasteiger partial charge in [-0.15, -0.1) is 0 Å². The van der Waals surface area contributed by atoms with Gasteiger partial charge in [-0.1, -0.05) is 11.8 Å². The van der Waals surface area contributed by atoms with Crippen molar-refractivity contribution in [3.05, 3.63) is 48.5 Å². The van der Waals surface area contributed by atoms with Gasteiger partial charge in [0.1, 0.15) is 41.9 Å². The Morgan fingerprint density at radius 1 is 0.970 bits per heavy atom. The van der Waals surface area contributed by atoms with Crippen molar-refractivity contribution >= 4 is 22.7 Å². The number of ether oxygens (including phenoxy) is 3. The lowest BCUT2D eigenvalue weighted by Crippen LogP contribution is -2.45. The van der Waals surface area contributed by atoms with E-state index in [0.29, 0.717) is 31.3 Å². The number of hydrogen-bond donors (Lipinski definition) is 0. The molecule has 1 aromatic heterocycles. The van der Waals surface area contributed by atoms with E-state index in [0.717, 1.165) is 53.5 Å². The molecule has 2 heterocycles. The van der Waals surface area contributed by atoms with E-state index in [4.69, 9.17) is 14.2 Å². The summed E-state index contributed by atoms with van der Waals surface area (Å²) in [6, 6.07) is 10.1. The summed E-state index contributed by atoms with van der Waals surface area (Å²) in [5, 5.41) is 1.54. The highest BCUT2D eigenvalue weighted by atomic mass is 32.2. The van der Waals surface area contributed by atoms with Crippen molar-refractivity contribution in [2.75, 3.05) is 66.7 Å². The topological polar surface area (TPSA) is 60.0 Å². The van der Waals surface area contributed by atoms with E-state index in [-0.39, 0.29) is 5.82 Å². The van der Waals surface area contributed by atoms with Crippen LogP contribution in [-0.2, 0) is 4.74 Å². The Kier molecular flexibility index (Phi) is 8.33. The minimum absolute atomic E-state index is 0.270. The SMILES string of the molecule is COCCOc1cc(OCCN2CCN(C)CC2)cc2ncnc(Sc3ccc(F)cc3)c12. The predicted octanol–water partition coefficient (Wildman–Crippen LogP) is 3.57. The molecule has 1 saturated heterocycles. The van der Waals surface area contributed by atoms with Gasteiger partial charge in [-0.2, -0.15) is 0 Å². The van der Waals surface area contributed by atoms with Gasteiger partial charge in [0.05, 0.1) is 17.5 Å². The summed E-state index contributed by atoms with van der Waals surface area (Å²) in [5.41, 5.74) is 0.735. The Labute approximate surface area is 197 Å². The van der Waals surface area contributed by atoms with Crippen LogP contribution >= 0.6 is 11.8 Å². The van der Waals surface area contributed by atoms with Gasteiger partial charge in [-0.25, -0.2) is 14.4 Å². The molecule has 0 radical (unpaired) electrons. The van der Waals surface area contributed by atoms with Crippen molar-refractivity contribution in [2.45, 2.75) is 9.92 Å². The Morgan fingerprint density at radius 3 is 2.52 bits per heavy atom. The normalized spacial score (nSPS) is 15.1. The van der Waals surface area contributed by atoms with Crippen LogP contribution < -0.4 is 9.47 Å². The lowest BCUT2D eigenvalue weighted by Gasteiger charge is -2.32. The summed E-state index contributed by atoms with van der Waals surface area (Å²) in [6.07, 6.45) is 1.53. The fourth-order valence-corrected chi connectivity index (χ4v) is 4.49. The number of piperazine rings is 1. The minimum atomic E-state index is -0.270. The molecule has 1 aliphatic rings. The van der Waals surface area contributed by atoms with Crippen LogP contribution in [0.25, 0.3) is 10.9 Å². The molecule has 9 heteroatoms. The van der Waals surface area contributed by atoms with Gasteiger partial charge in [0.25, 0.3) is 0 Å². The van der Waals surface area contributed by atoms with Gasteiger partial charge in [0.2, 0.25) is 0 Å². The molecule has 176 valence electrons. The minimum Gasteiger partial charge on any atom is -0.492 e. The molecule has 1 aliphatic heterocycles. The molecule has 1 fully saturated rings. The molecule has 0 unspecified atom stereocenters. The van der Waals surface area contributed by atoms with E-state index in [9.17, 15) is 4.39 Å². The zero-order valence-corrected chi connectivity index (χ0v) is 19.8. The zero-order chi connectivity index (χ0) is 23.0. The first kappa shape index (κ1) is 23.7. The first-order chi connectivity index (χ1) is 16.1. The van der Waals surface area contributed by atoms with E-state index in [1.54, 1.807) is 19.2 Å². The molecule has 0 aliphatic carbocycles. The fourth-order valence-electron chi connectivity index (χ4n) is 3.59. The van der Waals surface area contributed by atoms with Crippen molar-refractivity contribution in [1.82, 2.24) is 19.8 Å². The van der Waals surface area contributed by atoms with Crippen molar-refractivity contribution in [3.63, 3.8) is 0 Å². The summed E-state index contributed by atoms with van der Waals surface area (Å²) in [7, 11) is 3.79. The third kappa shape index (κ3) is 6.54. The number of hydrogen-bond acceptors (Lipinski definition) is 8. The zero-order valence-electron chi connectivity index (χ0n) is 19.0. The molecular weight excluding hydrogens is 443 g/mol. The maximum absolute atomic E-state index is 13.3. The predicted molar refractivity (Wildman–Crippen MR) is 127 cm³/mol. The first-order valence-corrected chi connectivity index (χ1v) is 11.8. The number of aromatic nitrogens is 2. The maximum atomic E-state index is 13.3. The van der Waals surface area contributed by atoms with Gasteiger partial charge in [0.15, 0.2) is 0 Å². The molecule has 0 N–H and O–H groups in total. The number of rotatable bonds is 10. The standard InChI is InChI=1S/C24H29FN4O3S/c1-28-7-9-29(10-8-28)11-12-31-19-15-21-23(22(16-19)32-14-13-30-2)24(27-17-26-21)33-20-5-3-18(25)4-6-20/h3-6,15-17H,7-14H2,1-2H3. The second-order valence-corrected chi connectivity index (χ2v) is 8.95. The average Bonchev–Trinajstić information content (AvgIpc) is 2.82. The second kappa shape index (κ2) is 11.6. The molecule has 4 rings (SSSR count). The van der Waals surface area contributed by atoms with E-state index in [1.165, 1.54) is 30.2 Å². The largest absolute Gasteiger partial charge is 0.492 e. The highest BCUT2D eigenvalue weighted by Gasteiger charge is 2.16. The smallest absolute Gasteiger partial charge is 0.135 e. The molecule has 7 nitrogen and oxygen atoms in total. The van der Waals surface area contributed by atoms with E-state index >= 15 is 0 Å². The molecule has 2 aromatic carbocycles.